The Bertz CT molecular complexity index is 527. The van der Waals surface area contributed by atoms with Crippen LogP contribution < -0.4 is 16.4 Å². The van der Waals surface area contributed by atoms with Gasteiger partial charge in [-0.2, -0.15) is 0 Å². The van der Waals surface area contributed by atoms with Crippen LogP contribution in [-0.4, -0.2) is 17.9 Å². The fraction of sp³-hybridized carbons (Fsp3) is 0.500. The summed E-state index contributed by atoms with van der Waals surface area (Å²) in [5.41, 5.74) is 7.01. The summed E-state index contributed by atoms with van der Waals surface area (Å²) in [6.45, 7) is 3.73. The van der Waals surface area contributed by atoms with Crippen molar-refractivity contribution in [2.24, 2.45) is 11.1 Å². The molecule has 5 nitrogen and oxygen atoms in total. The Balaban J connectivity index is 2.00. The molecule has 5 heteroatoms. The molecule has 0 saturated heterocycles. The van der Waals surface area contributed by atoms with Crippen LogP contribution in [0.3, 0.4) is 0 Å². The highest BCUT2D eigenvalue weighted by molar-refractivity contribution is 5.96. The molecule has 21 heavy (non-hydrogen) atoms. The minimum absolute atomic E-state index is 0.0298. The zero-order valence-corrected chi connectivity index (χ0v) is 12.6. The maximum atomic E-state index is 12.4. The van der Waals surface area contributed by atoms with E-state index in [-0.39, 0.29) is 17.9 Å². The quantitative estimate of drug-likeness (QED) is 0.796. The van der Waals surface area contributed by atoms with E-state index in [0.29, 0.717) is 6.42 Å². The summed E-state index contributed by atoms with van der Waals surface area (Å²) < 4.78 is 0. The highest BCUT2D eigenvalue weighted by atomic mass is 16.2. The van der Waals surface area contributed by atoms with Crippen LogP contribution in [0.5, 0.6) is 0 Å². The van der Waals surface area contributed by atoms with Crippen LogP contribution in [0.4, 0.5) is 11.4 Å². The average Bonchev–Trinajstić information content (AvgIpc) is 2.82. The van der Waals surface area contributed by atoms with Crippen LogP contribution in [0, 0.1) is 5.41 Å². The van der Waals surface area contributed by atoms with E-state index in [2.05, 4.69) is 10.6 Å². The van der Waals surface area contributed by atoms with Crippen molar-refractivity contribution in [1.29, 1.82) is 0 Å². The number of carbonyl (C=O) groups excluding carboxylic acids is 2. The Morgan fingerprint density at radius 3 is 2.29 bits per heavy atom. The summed E-state index contributed by atoms with van der Waals surface area (Å²) in [7, 11) is 0. The standard InChI is InChI=1S/C16H23N3O2/c1-3-14(20)18-11-6-8-12(9-7-11)19-15(21)16(2)10-4-5-13(16)17/h6-9,13H,3-5,10,17H2,1-2H3,(H,18,20)(H,19,21). The fourth-order valence-corrected chi connectivity index (χ4v) is 2.64. The van der Waals surface area contributed by atoms with Crippen LogP contribution in [0.15, 0.2) is 24.3 Å². The predicted octanol–water partition coefficient (Wildman–Crippen LogP) is 2.49. The van der Waals surface area contributed by atoms with Gasteiger partial charge in [0.2, 0.25) is 11.8 Å². The molecule has 0 spiro atoms. The van der Waals surface area contributed by atoms with E-state index in [0.717, 1.165) is 30.6 Å². The van der Waals surface area contributed by atoms with Gasteiger partial charge in [-0.15, -0.1) is 0 Å². The molecule has 1 fully saturated rings. The normalized spacial score (nSPS) is 24.6. The first-order valence-electron chi connectivity index (χ1n) is 7.42. The van der Waals surface area contributed by atoms with Gasteiger partial charge in [0.1, 0.15) is 0 Å². The summed E-state index contributed by atoms with van der Waals surface area (Å²) in [4.78, 5) is 23.7. The van der Waals surface area contributed by atoms with E-state index in [1.54, 1.807) is 31.2 Å². The highest BCUT2D eigenvalue weighted by Gasteiger charge is 2.42. The molecule has 4 N–H and O–H groups in total. The lowest BCUT2D eigenvalue weighted by Gasteiger charge is -2.27. The Labute approximate surface area is 125 Å². The second-order valence-electron chi connectivity index (χ2n) is 5.85. The van der Waals surface area contributed by atoms with Gasteiger partial charge in [0.15, 0.2) is 0 Å². The Morgan fingerprint density at radius 2 is 1.81 bits per heavy atom. The number of anilines is 2. The van der Waals surface area contributed by atoms with Crippen LogP contribution in [0.25, 0.3) is 0 Å². The summed E-state index contributed by atoms with van der Waals surface area (Å²) >= 11 is 0. The lowest BCUT2D eigenvalue weighted by atomic mass is 9.84. The van der Waals surface area contributed by atoms with Crippen molar-refractivity contribution in [2.75, 3.05) is 10.6 Å². The Morgan fingerprint density at radius 1 is 1.24 bits per heavy atom. The summed E-state index contributed by atoms with van der Waals surface area (Å²) in [6.07, 6.45) is 3.15. The lowest BCUT2D eigenvalue weighted by Crippen LogP contribution is -2.44. The molecule has 114 valence electrons. The number of rotatable bonds is 4. The van der Waals surface area contributed by atoms with Gasteiger partial charge in [0.25, 0.3) is 0 Å². The number of benzene rings is 1. The van der Waals surface area contributed by atoms with Crippen molar-refractivity contribution in [3.63, 3.8) is 0 Å². The molecule has 2 rings (SSSR count). The van der Waals surface area contributed by atoms with Gasteiger partial charge in [-0.25, -0.2) is 0 Å². The summed E-state index contributed by atoms with van der Waals surface area (Å²) in [5, 5.41) is 5.69. The second kappa shape index (κ2) is 6.26. The van der Waals surface area contributed by atoms with Crippen molar-refractivity contribution in [3.05, 3.63) is 24.3 Å². The van der Waals surface area contributed by atoms with Crippen molar-refractivity contribution in [2.45, 2.75) is 45.6 Å². The fourth-order valence-electron chi connectivity index (χ4n) is 2.64. The lowest BCUT2D eigenvalue weighted by molar-refractivity contribution is -0.125. The topological polar surface area (TPSA) is 84.2 Å². The smallest absolute Gasteiger partial charge is 0.231 e. The molecule has 0 radical (unpaired) electrons. The Kier molecular flexibility index (Phi) is 4.63. The second-order valence-corrected chi connectivity index (χ2v) is 5.85. The SMILES string of the molecule is CCC(=O)Nc1ccc(NC(=O)C2(C)CCCC2N)cc1. The van der Waals surface area contributed by atoms with Gasteiger partial charge in [-0.05, 0) is 44.0 Å². The molecule has 2 atom stereocenters. The first kappa shape index (κ1) is 15.5. The van der Waals surface area contributed by atoms with Gasteiger partial charge in [-0.1, -0.05) is 13.3 Å². The molecular weight excluding hydrogens is 266 g/mol. The van der Waals surface area contributed by atoms with Crippen molar-refractivity contribution < 1.29 is 9.59 Å². The molecule has 1 aliphatic carbocycles. The van der Waals surface area contributed by atoms with E-state index in [1.807, 2.05) is 6.92 Å². The van der Waals surface area contributed by atoms with Crippen LogP contribution in [0.2, 0.25) is 0 Å². The van der Waals surface area contributed by atoms with Crippen molar-refractivity contribution in [1.82, 2.24) is 0 Å². The summed E-state index contributed by atoms with van der Waals surface area (Å²) in [6, 6.07) is 7.04. The highest BCUT2D eigenvalue weighted by Crippen LogP contribution is 2.37. The maximum absolute atomic E-state index is 12.4. The molecule has 2 amide bonds. The third-order valence-electron chi connectivity index (χ3n) is 4.30. The third-order valence-corrected chi connectivity index (χ3v) is 4.30. The molecule has 0 aromatic heterocycles. The first-order valence-corrected chi connectivity index (χ1v) is 7.42. The van der Waals surface area contributed by atoms with Crippen molar-refractivity contribution in [3.8, 4) is 0 Å². The molecule has 0 heterocycles. The van der Waals surface area contributed by atoms with Gasteiger partial charge in [0.05, 0.1) is 5.41 Å². The van der Waals surface area contributed by atoms with Crippen LogP contribution in [0.1, 0.15) is 39.5 Å². The van der Waals surface area contributed by atoms with Gasteiger partial charge in [0, 0.05) is 23.8 Å². The van der Waals surface area contributed by atoms with E-state index < -0.39 is 5.41 Å². The van der Waals surface area contributed by atoms with Gasteiger partial charge >= 0.3 is 0 Å². The zero-order valence-electron chi connectivity index (χ0n) is 12.6. The number of amides is 2. The number of carbonyl (C=O) groups is 2. The van der Waals surface area contributed by atoms with Gasteiger partial charge in [-0.3, -0.25) is 9.59 Å². The average molecular weight is 289 g/mol. The van der Waals surface area contributed by atoms with E-state index in [1.165, 1.54) is 0 Å². The van der Waals surface area contributed by atoms with Crippen molar-refractivity contribution >= 4 is 23.2 Å². The molecular formula is C16H23N3O2. The molecule has 1 aromatic carbocycles. The minimum Gasteiger partial charge on any atom is -0.327 e. The third kappa shape index (κ3) is 3.42. The first-order chi connectivity index (χ1) is 9.95. The number of nitrogens with two attached hydrogens (primary N) is 1. The molecule has 0 bridgehead atoms. The van der Waals surface area contributed by atoms with Crippen LogP contribution >= 0.6 is 0 Å². The van der Waals surface area contributed by atoms with E-state index in [9.17, 15) is 9.59 Å². The van der Waals surface area contributed by atoms with E-state index >= 15 is 0 Å². The summed E-state index contributed by atoms with van der Waals surface area (Å²) in [5.74, 6) is -0.0610. The molecule has 0 aliphatic heterocycles. The zero-order chi connectivity index (χ0) is 15.5. The minimum atomic E-state index is -0.491. The monoisotopic (exact) mass is 289 g/mol. The Hall–Kier alpha value is -1.88. The molecule has 1 aliphatic rings. The molecule has 1 aromatic rings. The van der Waals surface area contributed by atoms with Crippen LogP contribution in [-0.2, 0) is 9.59 Å². The number of hydrogen-bond acceptors (Lipinski definition) is 3. The number of hydrogen-bond donors (Lipinski definition) is 3. The predicted molar refractivity (Wildman–Crippen MR) is 83.9 cm³/mol. The van der Waals surface area contributed by atoms with Gasteiger partial charge < -0.3 is 16.4 Å². The molecule has 1 saturated carbocycles. The largest absolute Gasteiger partial charge is 0.327 e. The molecule has 2 unspecified atom stereocenters. The van der Waals surface area contributed by atoms with E-state index in [4.69, 9.17) is 5.73 Å². The number of nitrogens with one attached hydrogen (secondary N) is 2. The maximum Gasteiger partial charge on any atom is 0.231 e.